The molecule has 1 rings (SSSR count). The maximum atomic E-state index is 4.08. The zero-order chi connectivity index (χ0) is 8.10. The van der Waals surface area contributed by atoms with E-state index in [9.17, 15) is 0 Å². The normalized spacial score (nSPS) is 10.4. The van der Waals surface area contributed by atoms with Crippen LogP contribution in [0.15, 0.2) is 27.9 Å². The second-order valence-corrected chi connectivity index (χ2v) is 2.71. The molecule has 1 aromatic heterocycles. The number of nitrogens with one attached hydrogen (secondary N) is 1. The summed E-state index contributed by atoms with van der Waals surface area (Å²) in [5, 5.41) is 3.84. The third-order valence-electron chi connectivity index (χ3n) is 1.10. The summed E-state index contributed by atoms with van der Waals surface area (Å²) in [6, 6.07) is 3.78. The van der Waals surface area contributed by atoms with E-state index in [1.165, 1.54) is 0 Å². The van der Waals surface area contributed by atoms with E-state index in [1.54, 1.807) is 19.5 Å². The second-order valence-electron chi connectivity index (χ2n) is 1.85. The van der Waals surface area contributed by atoms with Gasteiger partial charge in [0, 0.05) is 17.7 Å². The Balaban J connectivity index is 2.86. The summed E-state index contributed by atoms with van der Waals surface area (Å²) in [5.74, 6) is 0. The molecule has 0 amide bonds. The van der Waals surface area contributed by atoms with E-state index in [-0.39, 0.29) is 0 Å². The van der Waals surface area contributed by atoms with Crippen LogP contribution in [0.25, 0.3) is 0 Å². The fourth-order valence-electron chi connectivity index (χ4n) is 0.619. The molecule has 0 aliphatic carbocycles. The van der Waals surface area contributed by atoms with Crippen LogP contribution in [0.5, 0.6) is 0 Å². The predicted octanol–water partition coefficient (Wildman–Crippen LogP) is 1.40. The topological polar surface area (TPSA) is 37.3 Å². The van der Waals surface area contributed by atoms with Gasteiger partial charge in [-0.2, -0.15) is 5.10 Å². The third-order valence-corrected chi connectivity index (χ3v) is 1.77. The van der Waals surface area contributed by atoms with Gasteiger partial charge in [0.1, 0.15) is 0 Å². The van der Waals surface area contributed by atoms with Crippen LogP contribution in [0.4, 0.5) is 0 Å². The van der Waals surface area contributed by atoms with Gasteiger partial charge in [0.25, 0.3) is 0 Å². The number of nitrogens with zero attached hydrogens (tertiary/aromatic N) is 2. The van der Waals surface area contributed by atoms with Crippen molar-refractivity contribution < 1.29 is 0 Å². The quantitative estimate of drug-likeness (QED) is 0.596. The number of pyridine rings is 1. The number of hydrazone groups is 1. The molecule has 1 heterocycles. The largest absolute Gasteiger partial charge is 0.313 e. The average molecular weight is 214 g/mol. The minimum absolute atomic E-state index is 0.821. The van der Waals surface area contributed by atoms with Crippen molar-refractivity contribution in [3.8, 4) is 0 Å². The highest BCUT2D eigenvalue weighted by molar-refractivity contribution is 9.10. The summed E-state index contributed by atoms with van der Waals surface area (Å²) in [6.45, 7) is 0. The number of rotatable bonds is 2. The summed E-state index contributed by atoms with van der Waals surface area (Å²) in [4.78, 5) is 4.08. The highest BCUT2D eigenvalue weighted by Gasteiger charge is 1.93. The Labute approximate surface area is 73.7 Å². The van der Waals surface area contributed by atoms with Gasteiger partial charge in [-0.1, -0.05) is 0 Å². The lowest BCUT2D eigenvalue weighted by atomic mass is 10.4. The molecule has 0 fully saturated rings. The molecule has 0 saturated heterocycles. The average Bonchev–Trinajstić information content (AvgIpc) is 2.03. The van der Waals surface area contributed by atoms with E-state index in [1.807, 2.05) is 12.1 Å². The van der Waals surface area contributed by atoms with E-state index in [4.69, 9.17) is 0 Å². The summed E-state index contributed by atoms with van der Waals surface area (Å²) < 4.78 is 0.944. The Hall–Kier alpha value is -0.900. The Morgan fingerprint density at radius 1 is 1.73 bits per heavy atom. The number of hydrogen-bond acceptors (Lipinski definition) is 3. The zero-order valence-electron chi connectivity index (χ0n) is 6.08. The molecule has 0 radical (unpaired) electrons. The van der Waals surface area contributed by atoms with Crippen molar-refractivity contribution in [2.24, 2.45) is 5.10 Å². The van der Waals surface area contributed by atoms with Crippen molar-refractivity contribution in [3.05, 3.63) is 28.5 Å². The molecule has 0 unspecified atom stereocenters. The standard InChI is InChI=1S/C7H8BrN3/c1-9-11-5-7-6(8)3-2-4-10-7/h2-5,9H,1H3. The molecule has 4 heteroatoms. The second kappa shape index (κ2) is 4.08. The van der Waals surface area contributed by atoms with Crippen LogP contribution >= 0.6 is 15.9 Å². The smallest absolute Gasteiger partial charge is 0.0971 e. The summed E-state index contributed by atoms with van der Waals surface area (Å²) in [6.07, 6.45) is 3.38. The van der Waals surface area contributed by atoms with Crippen LogP contribution in [0, 0.1) is 0 Å². The highest BCUT2D eigenvalue weighted by Crippen LogP contribution is 2.10. The van der Waals surface area contributed by atoms with Crippen molar-refractivity contribution >= 4 is 22.1 Å². The molecule has 0 atom stereocenters. The first kappa shape index (κ1) is 8.20. The molecule has 58 valence electrons. The van der Waals surface area contributed by atoms with Gasteiger partial charge < -0.3 is 5.43 Å². The first-order valence-electron chi connectivity index (χ1n) is 3.15. The maximum absolute atomic E-state index is 4.08. The number of aromatic nitrogens is 1. The van der Waals surface area contributed by atoms with Gasteiger partial charge in [-0.15, -0.1) is 0 Å². The minimum Gasteiger partial charge on any atom is -0.313 e. The van der Waals surface area contributed by atoms with E-state index in [0.29, 0.717) is 0 Å². The lowest BCUT2D eigenvalue weighted by Crippen LogP contribution is -1.96. The van der Waals surface area contributed by atoms with Gasteiger partial charge in [-0.3, -0.25) is 4.98 Å². The fraction of sp³-hybridized carbons (Fsp3) is 0.143. The van der Waals surface area contributed by atoms with Crippen molar-refractivity contribution in [1.82, 2.24) is 10.4 Å². The first-order valence-corrected chi connectivity index (χ1v) is 3.94. The van der Waals surface area contributed by atoms with Crippen LogP contribution in [-0.2, 0) is 0 Å². The van der Waals surface area contributed by atoms with Crippen LogP contribution < -0.4 is 5.43 Å². The number of hydrogen-bond donors (Lipinski definition) is 1. The van der Waals surface area contributed by atoms with Gasteiger partial charge in [0.05, 0.1) is 11.9 Å². The minimum atomic E-state index is 0.821. The van der Waals surface area contributed by atoms with Gasteiger partial charge in [-0.05, 0) is 28.1 Å². The molecule has 11 heavy (non-hydrogen) atoms. The van der Waals surface area contributed by atoms with E-state index in [2.05, 4.69) is 31.4 Å². The predicted molar refractivity (Wildman–Crippen MR) is 48.6 cm³/mol. The lowest BCUT2D eigenvalue weighted by Gasteiger charge is -1.93. The van der Waals surface area contributed by atoms with E-state index < -0.39 is 0 Å². The Morgan fingerprint density at radius 3 is 3.18 bits per heavy atom. The van der Waals surface area contributed by atoms with Gasteiger partial charge >= 0.3 is 0 Å². The molecule has 0 saturated carbocycles. The summed E-state index contributed by atoms with van der Waals surface area (Å²) in [5.41, 5.74) is 3.47. The SMILES string of the molecule is CNN=Cc1ncccc1Br. The molecule has 0 spiro atoms. The van der Waals surface area contributed by atoms with Crippen LogP contribution in [0.1, 0.15) is 5.69 Å². The van der Waals surface area contributed by atoms with Crippen LogP contribution in [0.2, 0.25) is 0 Å². The molecule has 1 N–H and O–H groups in total. The van der Waals surface area contributed by atoms with Crippen molar-refractivity contribution in [3.63, 3.8) is 0 Å². The first-order chi connectivity index (χ1) is 5.34. The summed E-state index contributed by atoms with van der Waals surface area (Å²) >= 11 is 3.34. The summed E-state index contributed by atoms with van der Waals surface area (Å²) in [7, 11) is 1.74. The molecular weight excluding hydrogens is 206 g/mol. The van der Waals surface area contributed by atoms with E-state index in [0.717, 1.165) is 10.2 Å². The maximum Gasteiger partial charge on any atom is 0.0971 e. The Morgan fingerprint density at radius 2 is 2.55 bits per heavy atom. The Bertz CT molecular complexity index is 260. The lowest BCUT2D eigenvalue weighted by molar-refractivity contribution is 0.906. The van der Waals surface area contributed by atoms with Crippen molar-refractivity contribution in [1.29, 1.82) is 0 Å². The zero-order valence-corrected chi connectivity index (χ0v) is 7.67. The molecule has 1 aromatic rings. The van der Waals surface area contributed by atoms with Crippen molar-refractivity contribution in [2.45, 2.75) is 0 Å². The van der Waals surface area contributed by atoms with Gasteiger partial charge in [0.15, 0.2) is 0 Å². The van der Waals surface area contributed by atoms with Crippen molar-refractivity contribution in [2.75, 3.05) is 7.05 Å². The number of halogens is 1. The molecule has 0 aliphatic heterocycles. The fourth-order valence-corrected chi connectivity index (χ4v) is 0.976. The van der Waals surface area contributed by atoms with E-state index >= 15 is 0 Å². The van der Waals surface area contributed by atoms with Gasteiger partial charge in [0.2, 0.25) is 0 Å². The molecular formula is C7H8BrN3. The van der Waals surface area contributed by atoms with Crippen LogP contribution in [-0.4, -0.2) is 18.2 Å². The molecule has 3 nitrogen and oxygen atoms in total. The Kier molecular flexibility index (Phi) is 3.04. The monoisotopic (exact) mass is 213 g/mol. The molecule has 0 aliphatic rings. The third kappa shape index (κ3) is 2.31. The highest BCUT2D eigenvalue weighted by atomic mass is 79.9. The van der Waals surface area contributed by atoms with Gasteiger partial charge in [-0.25, -0.2) is 0 Å². The molecule has 0 aromatic carbocycles. The molecule has 0 bridgehead atoms. The van der Waals surface area contributed by atoms with Crippen LogP contribution in [0.3, 0.4) is 0 Å².